The van der Waals surface area contributed by atoms with E-state index in [9.17, 15) is 15.0 Å². The van der Waals surface area contributed by atoms with Gasteiger partial charge in [-0.3, -0.25) is 4.79 Å². The maximum atomic E-state index is 11.5. The molecule has 30 heavy (non-hydrogen) atoms. The number of aromatic hydroxyl groups is 1. The molecule has 0 radical (unpaired) electrons. The second-order valence-electron chi connectivity index (χ2n) is 10.1. The van der Waals surface area contributed by atoms with E-state index < -0.39 is 5.91 Å². The minimum absolute atomic E-state index is 0.0401. The first kappa shape index (κ1) is 19.6. The van der Waals surface area contributed by atoms with Crippen LogP contribution >= 0.6 is 0 Å². The zero-order chi connectivity index (χ0) is 21.0. The molecular weight excluding hydrogens is 374 g/mol. The molecule has 2 fully saturated rings. The van der Waals surface area contributed by atoms with Crippen LogP contribution in [0.4, 0.5) is 0 Å². The van der Waals surface area contributed by atoms with E-state index in [0.717, 1.165) is 44.1 Å². The molecule has 0 spiro atoms. The summed E-state index contributed by atoms with van der Waals surface area (Å²) in [6, 6.07) is 13.4. The summed E-state index contributed by atoms with van der Waals surface area (Å²) in [7, 11) is 0. The summed E-state index contributed by atoms with van der Waals surface area (Å²) in [5.41, 5.74) is 9.75. The predicted molar refractivity (Wildman–Crippen MR) is 116 cm³/mol. The van der Waals surface area contributed by atoms with Crippen LogP contribution in [-0.2, 0) is 12.8 Å². The van der Waals surface area contributed by atoms with Crippen LogP contribution < -0.4 is 5.73 Å². The van der Waals surface area contributed by atoms with Crippen LogP contribution in [0.5, 0.6) is 5.75 Å². The first-order valence-corrected chi connectivity index (χ1v) is 11.3. The summed E-state index contributed by atoms with van der Waals surface area (Å²) in [6.07, 6.45) is 5.80. The van der Waals surface area contributed by atoms with Crippen LogP contribution in [0.15, 0.2) is 42.5 Å². The van der Waals surface area contributed by atoms with Crippen molar-refractivity contribution in [3.05, 3.63) is 64.7 Å². The summed E-state index contributed by atoms with van der Waals surface area (Å²) in [4.78, 5) is 11.5. The molecule has 6 atom stereocenters. The molecule has 0 heterocycles. The van der Waals surface area contributed by atoms with E-state index in [1.54, 1.807) is 6.07 Å². The molecule has 2 aromatic rings. The molecule has 2 unspecified atom stereocenters. The van der Waals surface area contributed by atoms with Gasteiger partial charge in [0.1, 0.15) is 5.75 Å². The minimum Gasteiger partial charge on any atom is -0.508 e. The number of carbonyl (C=O) groups excluding carboxylic acids is 1. The lowest BCUT2D eigenvalue weighted by atomic mass is 9.55. The number of nitrogens with two attached hydrogens (primary N) is 1. The Labute approximate surface area is 178 Å². The zero-order valence-electron chi connectivity index (χ0n) is 17.6. The Morgan fingerprint density at radius 1 is 1.20 bits per heavy atom. The van der Waals surface area contributed by atoms with E-state index in [0.29, 0.717) is 29.1 Å². The number of rotatable bonds is 3. The van der Waals surface area contributed by atoms with E-state index in [4.69, 9.17) is 5.73 Å². The summed E-state index contributed by atoms with van der Waals surface area (Å²) in [5.74, 6) is 1.82. The number of carbonyl (C=O) groups is 1. The monoisotopic (exact) mass is 405 g/mol. The molecule has 0 aromatic heterocycles. The van der Waals surface area contributed by atoms with Gasteiger partial charge in [-0.25, -0.2) is 0 Å². The van der Waals surface area contributed by atoms with Gasteiger partial charge in [0.05, 0.1) is 6.10 Å². The van der Waals surface area contributed by atoms with Crippen molar-refractivity contribution in [2.75, 3.05) is 0 Å². The molecule has 2 aromatic carbocycles. The first-order valence-electron chi connectivity index (χ1n) is 11.3. The number of primary amides is 1. The van der Waals surface area contributed by atoms with Crippen LogP contribution in [0.25, 0.3) is 0 Å². The van der Waals surface area contributed by atoms with E-state index in [1.807, 2.05) is 30.3 Å². The van der Waals surface area contributed by atoms with Gasteiger partial charge in [0.15, 0.2) is 0 Å². The molecule has 4 N–H and O–H groups in total. The van der Waals surface area contributed by atoms with Crippen molar-refractivity contribution in [2.24, 2.45) is 28.9 Å². The lowest BCUT2D eigenvalue weighted by Crippen LogP contribution is -2.44. The molecule has 0 bridgehead atoms. The standard InChI is InChI=1S/C26H31NO3/c1-26-10-9-21-20-8-6-19(28)13-16(20)5-7-22(21)23(26)14-18(24(26)29)12-15-3-2-4-17(11-15)25(27)30/h2-4,6,8,11,13,18,21-24,28-29H,5,7,9-10,12,14H2,1H3,(H2,27,30)/t18?,21-,22-,23+,24?,26-/m1/s1. The van der Waals surface area contributed by atoms with Crippen molar-refractivity contribution in [3.8, 4) is 5.75 Å². The number of hydrogen-bond acceptors (Lipinski definition) is 3. The Hall–Kier alpha value is -2.33. The number of aliphatic hydroxyl groups excluding tert-OH is 1. The Bertz CT molecular complexity index is 986. The largest absolute Gasteiger partial charge is 0.508 e. The number of benzene rings is 2. The lowest BCUT2D eigenvalue weighted by Gasteiger charge is -2.50. The first-order chi connectivity index (χ1) is 14.4. The SMILES string of the molecule is C[C@@]12CC[C@@H]3c4ccc(O)cc4CC[C@H]3[C@@H]1CC(Cc1cccc(C(N)=O)c1)C2O. The summed E-state index contributed by atoms with van der Waals surface area (Å²) in [5, 5.41) is 21.3. The van der Waals surface area contributed by atoms with Gasteiger partial charge >= 0.3 is 0 Å². The molecular formula is C26H31NO3. The summed E-state index contributed by atoms with van der Waals surface area (Å²) < 4.78 is 0. The topological polar surface area (TPSA) is 83.5 Å². The highest BCUT2D eigenvalue weighted by molar-refractivity contribution is 5.92. The number of amides is 1. The Balaban J connectivity index is 1.40. The predicted octanol–water partition coefficient (Wildman–Crippen LogP) is 4.18. The molecule has 2 saturated carbocycles. The van der Waals surface area contributed by atoms with E-state index in [2.05, 4.69) is 13.0 Å². The molecule has 158 valence electrons. The van der Waals surface area contributed by atoms with Crippen LogP contribution in [0.1, 0.15) is 65.6 Å². The van der Waals surface area contributed by atoms with Gasteiger partial charge in [-0.05, 0) is 109 Å². The zero-order valence-corrected chi connectivity index (χ0v) is 17.6. The average Bonchev–Trinajstić information content (AvgIpc) is 2.98. The Kier molecular flexibility index (Phi) is 4.66. The number of hydrogen-bond donors (Lipinski definition) is 3. The molecule has 3 aliphatic rings. The lowest BCUT2D eigenvalue weighted by molar-refractivity contribution is -0.0325. The fourth-order valence-corrected chi connectivity index (χ4v) is 7.07. The van der Waals surface area contributed by atoms with Crippen molar-refractivity contribution in [1.29, 1.82) is 0 Å². The summed E-state index contributed by atoms with van der Waals surface area (Å²) in [6.45, 7) is 2.30. The normalized spacial score (nSPS) is 34.7. The highest BCUT2D eigenvalue weighted by Crippen LogP contribution is 2.62. The van der Waals surface area contributed by atoms with Crippen LogP contribution in [0.2, 0.25) is 0 Å². The highest BCUT2D eigenvalue weighted by Gasteiger charge is 2.57. The van der Waals surface area contributed by atoms with Crippen molar-refractivity contribution < 1.29 is 15.0 Å². The fourth-order valence-electron chi connectivity index (χ4n) is 7.07. The average molecular weight is 406 g/mol. The molecule has 1 amide bonds. The summed E-state index contributed by atoms with van der Waals surface area (Å²) >= 11 is 0. The maximum Gasteiger partial charge on any atom is 0.248 e. The number of fused-ring (bicyclic) bond motifs is 5. The molecule has 0 saturated heterocycles. The quantitative estimate of drug-likeness (QED) is 0.716. The van der Waals surface area contributed by atoms with Crippen molar-refractivity contribution in [2.45, 2.75) is 57.5 Å². The van der Waals surface area contributed by atoms with E-state index >= 15 is 0 Å². The third-order valence-electron chi connectivity index (χ3n) is 8.54. The van der Waals surface area contributed by atoms with E-state index in [-0.39, 0.29) is 17.4 Å². The Morgan fingerprint density at radius 3 is 2.83 bits per heavy atom. The van der Waals surface area contributed by atoms with Crippen LogP contribution in [0, 0.1) is 23.2 Å². The maximum absolute atomic E-state index is 11.5. The minimum atomic E-state index is -0.404. The third kappa shape index (κ3) is 3.04. The second kappa shape index (κ2) is 7.12. The third-order valence-corrected chi connectivity index (χ3v) is 8.54. The number of phenolic OH excluding ortho intramolecular Hbond substituents is 1. The number of aryl methyl sites for hydroxylation is 1. The number of aliphatic hydroxyl groups is 1. The van der Waals surface area contributed by atoms with Gasteiger partial charge in [0, 0.05) is 5.56 Å². The van der Waals surface area contributed by atoms with Gasteiger partial charge in [-0.1, -0.05) is 25.1 Å². The van der Waals surface area contributed by atoms with Gasteiger partial charge in [-0.15, -0.1) is 0 Å². The smallest absolute Gasteiger partial charge is 0.248 e. The van der Waals surface area contributed by atoms with Crippen LogP contribution in [0.3, 0.4) is 0 Å². The van der Waals surface area contributed by atoms with Crippen molar-refractivity contribution >= 4 is 5.91 Å². The van der Waals surface area contributed by atoms with Crippen molar-refractivity contribution in [3.63, 3.8) is 0 Å². The molecule has 3 aliphatic carbocycles. The van der Waals surface area contributed by atoms with Gasteiger partial charge < -0.3 is 15.9 Å². The fraction of sp³-hybridized carbons (Fsp3) is 0.500. The molecule has 4 heteroatoms. The number of phenols is 1. The molecule has 5 rings (SSSR count). The van der Waals surface area contributed by atoms with Crippen molar-refractivity contribution in [1.82, 2.24) is 0 Å². The van der Waals surface area contributed by atoms with E-state index in [1.165, 1.54) is 11.1 Å². The Morgan fingerprint density at radius 2 is 2.03 bits per heavy atom. The highest BCUT2D eigenvalue weighted by atomic mass is 16.3. The molecule has 4 nitrogen and oxygen atoms in total. The van der Waals surface area contributed by atoms with Gasteiger partial charge in [0.25, 0.3) is 0 Å². The van der Waals surface area contributed by atoms with Gasteiger partial charge in [-0.2, -0.15) is 0 Å². The molecule has 0 aliphatic heterocycles. The second-order valence-corrected chi connectivity index (χ2v) is 10.1. The van der Waals surface area contributed by atoms with Gasteiger partial charge in [0.2, 0.25) is 5.91 Å². The van der Waals surface area contributed by atoms with Crippen LogP contribution in [-0.4, -0.2) is 22.2 Å².